The lowest BCUT2D eigenvalue weighted by Crippen LogP contribution is -2.40. The van der Waals surface area contributed by atoms with E-state index in [2.05, 4.69) is 15.4 Å². The Hall–Kier alpha value is -3.44. The van der Waals surface area contributed by atoms with Crippen LogP contribution < -0.4 is 20.1 Å². The number of benzene rings is 2. The summed E-state index contributed by atoms with van der Waals surface area (Å²) in [5.41, 5.74) is 0.844. The van der Waals surface area contributed by atoms with Crippen molar-refractivity contribution in [2.75, 3.05) is 10.6 Å². The predicted molar refractivity (Wildman–Crippen MR) is 120 cm³/mol. The molecular formula is C22H25N3O7S. The van der Waals surface area contributed by atoms with Crippen LogP contribution in [0.1, 0.15) is 27.2 Å². The molecule has 176 valence electrons. The Morgan fingerprint density at radius 3 is 2.42 bits per heavy atom. The molecule has 0 saturated carbocycles. The van der Waals surface area contributed by atoms with Gasteiger partial charge in [0.2, 0.25) is 10.0 Å². The van der Waals surface area contributed by atoms with Crippen LogP contribution in [0, 0.1) is 0 Å². The predicted octanol–water partition coefficient (Wildman–Crippen LogP) is 2.03. The highest BCUT2D eigenvalue weighted by molar-refractivity contribution is 7.89. The van der Waals surface area contributed by atoms with Crippen molar-refractivity contribution in [1.82, 2.24) is 4.72 Å². The van der Waals surface area contributed by atoms with E-state index in [1.165, 1.54) is 31.2 Å². The van der Waals surface area contributed by atoms with Crippen molar-refractivity contribution in [3.05, 3.63) is 48.5 Å². The van der Waals surface area contributed by atoms with Gasteiger partial charge in [0.05, 0.1) is 17.0 Å². The van der Waals surface area contributed by atoms with E-state index in [-0.39, 0.29) is 17.4 Å². The molecular weight excluding hydrogens is 450 g/mol. The summed E-state index contributed by atoms with van der Waals surface area (Å²) in [6, 6.07) is 12.1. The molecule has 3 N–H and O–H groups in total. The average molecular weight is 476 g/mol. The molecule has 0 unspecified atom stereocenters. The minimum absolute atomic E-state index is 0.0565. The third-order valence-electron chi connectivity index (χ3n) is 4.56. The first kappa shape index (κ1) is 24.2. The quantitative estimate of drug-likeness (QED) is 0.496. The molecule has 2 aromatic carbocycles. The van der Waals surface area contributed by atoms with Crippen molar-refractivity contribution in [3.8, 4) is 5.75 Å². The molecule has 0 spiro atoms. The zero-order valence-electron chi connectivity index (χ0n) is 18.3. The summed E-state index contributed by atoms with van der Waals surface area (Å²) in [6.07, 6.45) is -2.59. The maximum Gasteiger partial charge on any atom is 0.310 e. The second kappa shape index (κ2) is 10.0. The van der Waals surface area contributed by atoms with Gasteiger partial charge >= 0.3 is 5.97 Å². The first-order valence-electron chi connectivity index (χ1n) is 10.2. The highest BCUT2D eigenvalue weighted by Gasteiger charge is 2.31. The van der Waals surface area contributed by atoms with Crippen LogP contribution in [0.25, 0.3) is 0 Å². The molecule has 2 aromatic rings. The van der Waals surface area contributed by atoms with Gasteiger partial charge in [0.1, 0.15) is 5.75 Å². The normalized spacial score (nSPS) is 16.2. The van der Waals surface area contributed by atoms with Gasteiger partial charge in [-0.1, -0.05) is 12.1 Å². The Morgan fingerprint density at radius 2 is 1.76 bits per heavy atom. The molecule has 1 aliphatic heterocycles. The molecule has 3 rings (SSSR count). The topological polar surface area (TPSA) is 140 Å². The molecule has 0 aliphatic carbocycles. The summed E-state index contributed by atoms with van der Waals surface area (Å²) >= 11 is 0. The summed E-state index contributed by atoms with van der Waals surface area (Å²) < 4.78 is 37.5. The number of rotatable bonds is 8. The van der Waals surface area contributed by atoms with Gasteiger partial charge in [-0.25, -0.2) is 13.1 Å². The van der Waals surface area contributed by atoms with Gasteiger partial charge in [-0.05, 0) is 57.2 Å². The standard InChI is InChI=1S/C22H25N3O7S/c1-13(2)25-33(29,30)16-10-8-15(9-11-16)23-21(27)14(3)31-20(26)12-19-22(28)24-17-6-4-5-7-18(17)32-19/h4-11,13-14,19,25H,12H2,1-3H3,(H,23,27)(H,24,28)/t14-,19-/m1/s1. The summed E-state index contributed by atoms with van der Waals surface area (Å²) in [5, 5.41) is 5.20. The number of hydrogen-bond donors (Lipinski definition) is 3. The van der Waals surface area contributed by atoms with E-state index in [9.17, 15) is 22.8 Å². The summed E-state index contributed by atoms with van der Waals surface area (Å²) in [5.74, 6) is -1.43. The van der Waals surface area contributed by atoms with Crippen LogP contribution in [0.2, 0.25) is 0 Å². The second-order valence-corrected chi connectivity index (χ2v) is 9.43. The largest absolute Gasteiger partial charge is 0.478 e. The number of carbonyl (C=O) groups is 3. The highest BCUT2D eigenvalue weighted by Crippen LogP contribution is 2.29. The first-order chi connectivity index (χ1) is 15.5. The Bertz CT molecular complexity index is 1150. The third kappa shape index (κ3) is 6.30. The van der Waals surface area contributed by atoms with Gasteiger partial charge in [-0.3, -0.25) is 14.4 Å². The minimum Gasteiger partial charge on any atom is -0.478 e. The molecule has 2 amide bonds. The molecule has 0 aromatic heterocycles. The molecule has 33 heavy (non-hydrogen) atoms. The van der Waals surface area contributed by atoms with Crippen LogP contribution in [-0.2, 0) is 29.1 Å². The maximum atomic E-state index is 12.4. The fourth-order valence-corrected chi connectivity index (χ4v) is 4.27. The van der Waals surface area contributed by atoms with E-state index in [1.54, 1.807) is 38.1 Å². The number of para-hydroxylation sites is 2. The van der Waals surface area contributed by atoms with Crippen molar-refractivity contribution >= 4 is 39.2 Å². The number of amides is 2. The molecule has 11 heteroatoms. The smallest absolute Gasteiger partial charge is 0.310 e. The Labute approximate surface area is 191 Å². The lowest BCUT2D eigenvalue weighted by molar-refractivity contribution is -0.155. The van der Waals surface area contributed by atoms with Crippen molar-refractivity contribution in [2.45, 2.75) is 50.3 Å². The van der Waals surface area contributed by atoms with Gasteiger partial charge in [0.25, 0.3) is 11.8 Å². The zero-order chi connectivity index (χ0) is 24.2. The Kier molecular flexibility index (Phi) is 7.34. The number of sulfonamides is 1. The van der Waals surface area contributed by atoms with E-state index < -0.39 is 40.0 Å². The van der Waals surface area contributed by atoms with Gasteiger partial charge < -0.3 is 20.1 Å². The summed E-state index contributed by atoms with van der Waals surface area (Å²) in [7, 11) is -3.65. The summed E-state index contributed by atoms with van der Waals surface area (Å²) in [4.78, 5) is 36.8. The Morgan fingerprint density at radius 1 is 1.09 bits per heavy atom. The van der Waals surface area contributed by atoms with Crippen LogP contribution in [0.5, 0.6) is 5.75 Å². The number of ether oxygens (including phenoxy) is 2. The molecule has 10 nitrogen and oxygen atoms in total. The van der Waals surface area contributed by atoms with Crippen molar-refractivity contribution < 1.29 is 32.3 Å². The molecule has 0 saturated heterocycles. The number of nitrogens with one attached hydrogen (secondary N) is 3. The van der Waals surface area contributed by atoms with E-state index >= 15 is 0 Å². The number of esters is 1. The molecule has 1 heterocycles. The lowest BCUT2D eigenvalue weighted by Gasteiger charge is -2.25. The molecule has 2 atom stereocenters. The first-order valence-corrected chi connectivity index (χ1v) is 11.7. The van der Waals surface area contributed by atoms with E-state index in [4.69, 9.17) is 9.47 Å². The number of anilines is 2. The molecule has 0 fully saturated rings. The third-order valence-corrected chi connectivity index (χ3v) is 6.23. The number of hydrogen-bond acceptors (Lipinski definition) is 7. The van der Waals surface area contributed by atoms with Crippen molar-refractivity contribution in [2.24, 2.45) is 0 Å². The van der Waals surface area contributed by atoms with Crippen LogP contribution in [0.3, 0.4) is 0 Å². The van der Waals surface area contributed by atoms with E-state index in [1.807, 2.05) is 0 Å². The molecule has 0 radical (unpaired) electrons. The molecule has 0 bridgehead atoms. The molecule has 1 aliphatic rings. The van der Waals surface area contributed by atoms with Crippen LogP contribution in [0.15, 0.2) is 53.4 Å². The Balaban J connectivity index is 1.53. The van der Waals surface area contributed by atoms with Gasteiger partial charge in [-0.15, -0.1) is 0 Å². The van der Waals surface area contributed by atoms with Gasteiger partial charge in [0, 0.05) is 11.7 Å². The second-order valence-electron chi connectivity index (χ2n) is 7.72. The monoisotopic (exact) mass is 475 g/mol. The highest BCUT2D eigenvalue weighted by atomic mass is 32.2. The minimum atomic E-state index is -3.65. The average Bonchev–Trinajstić information content (AvgIpc) is 2.73. The fraction of sp³-hybridized carbons (Fsp3) is 0.318. The maximum absolute atomic E-state index is 12.4. The van der Waals surface area contributed by atoms with Crippen molar-refractivity contribution in [3.63, 3.8) is 0 Å². The zero-order valence-corrected chi connectivity index (χ0v) is 19.1. The fourth-order valence-electron chi connectivity index (χ4n) is 3.02. The van der Waals surface area contributed by atoms with E-state index in [0.717, 1.165) is 0 Å². The van der Waals surface area contributed by atoms with Crippen LogP contribution >= 0.6 is 0 Å². The van der Waals surface area contributed by atoms with Crippen LogP contribution in [-0.4, -0.2) is 44.5 Å². The SMILES string of the molecule is CC(C)NS(=O)(=O)c1ccc(NC(=O)[C@@H](C)OC(=O)C[C@H]2Oc3ccccc3NC2=O)cc1. The van der Waals surface area contributed by atoms with Gasteiger partial charge in [0.15, 0.2) is 12.2 Å². The van der Waals surface area contributed by atoms with Crippen LogP contribution in [0.4, 0.5) is 11.4 Å². The van der Waals surface area contributed by atoms with E-state index in [0.29, 0.717) is 17.1 Å². The van der Waals surface area contributed by atoms with Crippen molar-refractivity contribution in [1.29, 1.82) is 0 Å². The number of fused-ring (bicyclic) bond motifs is 1. The summed E-state index contributed by atoms with van der Waals surface area (Å²) in [6.45, 7) is 4.80. The van der Waals surface area contributed by atoms with Gasteiger partial charge in [-0.2, -0.15) is 0 Å². The number of carbonyl (C=O) groups excluding carboxylic acids is 3. The lowest BCUT2D eigenvalue weighted by atomic mass is 10.1.